The first-order chi connectivity index (χ1) is 5.56. The van der Waals surface area contributed by atoms with E-state index in [1.165, 1.54) is 44.7 Å². The lowest BCUT2D eigenvalue weighted by atomic mass is 10.1. The predicted molar refractivity (Wildman–Crippen MR) is 62.9 cm³/mol. The molecule has 0 spiro atoms. The van der Waals surface area contributed by atoms with Crippen LogP contribution in [0.2, 0.25) is 0 Å². The molecule has 0 rings (SSSR count). The van der Waals surface area contributed by atoms with Crippen molar-refractivity contribution in [3.8, 4) is 0 Å². The molecule has 0 aliphatic carbocycles. The fraction of sp³-hybridized carbons (Fsp3) is 1.00. The van der Waals surface area contributed by atoms with Crippen molar-refractivity contribution < 1.29 is 24.0 Å². The van der Waals surface area contributed by atoms with Gasteiger partial charge in [-0.15, -0.1) is 0 Å². The van der Waals surface area contributed by atoms with Crippen LogP contribution in [0.15, 0.2) is 0 Å². The van der Waals surface area contributed by atoms with Crippen LogP contribution in [0.4, 0.5) is 0 Å². The average molecular weight is 316 g/mol. The van der Waals surface area contributed by atoms with E-state index in [-0.39, 0.29) is 24.0 Å². The van der Waals surface area contributed by atoms with Crippen molar-refractivity contribution in [3.05, 3.63) is 0 Å². The molecule has 0 aromatic rings. The second-order valence-electron chi connectivity index (χ2n) is 4.78. The molecule has 13 heavy (non-hydrogen) atoms. The Bertz CT molecular complexity index is 96.8. The second kappa shape index (κ2) is 9.71. The highest BCUT2D eigenvalue weighted by atomic mass is 127. The third kappa shape index (κ3) is 15.9. The van der Waals surface area contributed by atoms with Gasteiger partial charge in [0.15, 0.2) is 0 Å². The minimum absolute atomic E-state index is 0. The molecule has 0 saturated heterocycles. The molecule has 0 N–H and O–H groups in total. The summed E-state index contributed by atoms with van der Waals surface area (Å²) in [6.07, 6.45) is 10.2. The standard InChI is InChI=1S/C11H26P.HI/c1-5-6-7-8-9-10-11-12(2,3)4;/h5-11H2,1-4H3;1H/q+1;/p-1. The lowest BCUT2D eigenvalue weighted by Crippen LogP contribution is -3.00. The summed E-state index contributed by atoms with van der Waals surface area (Å²) in [4.78, 5) is 0. The fourth-order valence-corrected chi connectivity index (χ4v) is 2.54. The Morgan fingerprint density at radius 3 is 1.69 bits per heavy atom. The van der Waals surface area contributed by atoms with E-state index >= 15 is 0 Å². The van der Waals surface area contributed by atoms with Crippen molar-refractivity contribution in [1.82, 2.24) is 0 Å². The minimum atomic E-state index is -0.471. The van der Waals surface area contributed by atoms with E-state index in [1.807, 2.05) is 0 Å². The van der Waals surface area contributed by atoms with Crippen molar-refractivity contribution in [2.45, 2.75) is 45.4 Å². The first-order valence-corrected chi connectivity index (χ1v) is 8.68. The van der Waals surface area contributed by atoms with Gasteiger partial charge in [0.1, 0.15) is 0 Å². The molecule has 0 amide bonds. The average Bonchev–Trinajstić information content (AvgIpc) is 1.94. The van der Waals surface area contributed by atoms with E-state index < -0.39 is 7.26 Å². The molecular weight excluding hydrogens is 290 g/mol. The monoisotopic (exact) mass is 316 g/mol. The number of hydrogen-bond donors (Lipinski definition) is 0. The lowest BCUT2D eigenvalue weighted by Gasteiger charge is -2.10. The summed E-state index contributed by atoms with van der Waals surface area (Å²) in [6.45, 7) is 9.61. The summed E-state index contributed by atoms with van der Waals surface area (Å²) in [6, 6.07) is 0. The zero-order valence-electron chi connectivity index (χ0n) is 9.77. The summed E-state index contributed by atoms with van der Waals surface area (Å²) < 4.78 is 0. The van der Waals surface area contributed by atoms with Crippen molar-refractivity contribution >= 4 is 7.26 Å². The first-order valence-electron chi connectivity index (χ1n) is 5.36. The Kier molecular flexibility index (Phi) is 12.4. The van der Waals surface area contributed by atoms with Gasteiger partial charge in [-0.3, -0.25) is 0 Å². The summed E-state index contributed by atoms with van der Waals surface area (Å²) in [7, 11) is -0.471. The van der Waals surface area contributed by atoms with Crippen LogP contribution >= 0.6 is 7.26 Å². The molecular formula is C11H26IP. The Labute approximate surface area is 103 Å². The molecule has 0 fully saturated rings. The molecule has 0 atom stereocenters. The maximum Gasteiger partial charge on any atom is 0.0586 e. The third-order valence-corrected chi connectivity index (χ3v) is 3.84. The summed E-state index contributed by atoms with van der Waals surface area (Å²) in [5.41, 5.74) is 0. The smallest absolute Gasteiger partial charge is 0.0586 e. The first kappa shape index (κ1) is 16.6. The molecule has 0 bridgehead atoms. The van der Waals surface area contributed by atoms with Crippen LogP contribution in [0.25, 0.3) is 0 Å². The SMILES string of the molecule is CCCCCCCC[P+](C)(C)C.[I-]. The van der Waals surface area contributed by atoms with Crippen molar-refractivity contribution in [3.63, 3.8) is 0 Å². The Morgan fingerprint density at radius 1 is 0.769 bits per heavy atom. The van der Waals surface area contributed by atoms with Crippen LogP contribution in [0.1, 0.15) is 45.4 Å². The highest BCUT2D eigenvalue weighted by Crippen LogP contribution is 2.47. The summed E-state index contributed by atoms with van der Waals surface area (Å²) in [5.74, 6) is 0. The topological polar surface area (TPSA) is 0 Å². The van der Waals surface area contributed by atoms with Gasteiger partial charge < -0.3 is 24.0 Å². The van der Waals surface area contributed by atoms with Gasteiger partial charge in [-0.2, -0.15) is 0 Å². The predicted octanol–water partition coefficient (Wildman–Crippen LogP) is 1.26. The highest BCUT2D eigenvalue weighted by Gasteiger charge is 2.15. The number of unbranched alkanes of at least 4 members (excludes halogenated alkanes) is 5. The van der Waals surface area contributed by atoms with E-state index in [0.717, 1.165) is 0 Å². The molecule has 2 heteroatoms. The molecule has 0 aromatic heterocycles. The molecule has 82 valence electrons. The molecule has 0 aliphatic rings. The molecule has 0 nitrogen and oxygen atoms in total. The number of hydrogen-bond acceptors (Lipinski definition) is 0. The molecule has 0 heterocycles. The largest absolute Gasteiger partial charge is 1.00 e. The Morgan fingerprint density at radius 2 is 1.23 bits per heavy atom. The summed E-state index contributed by atoms with van der Waals surface area (Å²) in [5, 5.41) is 0. The van der Waals surface area contributed by atoms with Crippen molar-refractivity contribution in [1.29, 1.82) is 0 Å². The van der Waals surface area contributed by atoms with Gasteiger partial charge >= 0.3 is 0 Å². The second-order valence-corrected chi connectivity index (χ2v) is 9.81. The van der Waals surface area contributed by atoms with Crippen LogP contribution in [-0.2, 0) is 0 Å². The molecule has 0 saturated carbocycles. The lowest BCUT2D eigenvalue weighted by molar-refractivity contribution is -0.00000301. The van der Waals surface area contributed by atoms with Gasteiger partial charge in [0.25, 0.3) is 0 Å². The van der Waals surface area contributed by atoms with Crippen LogP contribution in [0.3, 0.4) is 0 Å². The van der Waals surface area contributed by atoms with E-state index in [1.54, 1.807) is 0 Å². The summed E-state index contributed by atoms with van der Waals surface area (Å²) >= 11 is 0. The van der Waals surface area contributed by atoms with Crippen LogP contribution in [0, 0.1) is 0 Å². The molecule has 0 radical (unpaired) electrons. The Hall–Kier alpha value is 1.16. The zero-order chi connectivity index (χ0) is 9.45. The number of rotatable bonds is 7. The van der Waals surface area contributed by atoms with Crippen LogP contribution < -0.4 is 24.0 Å². The molecule has 0 aromatic carbocycles. The van der Waals surface area contributed by atoms with Gasteiger partial charge in [-0.1, -0.05) is 32.6 Å². The maximum atomic E-state index is 2.44. The van der Waals surface area contributed by atoms with Gasteiger partial charge in [0.2, 0.25) is 0 Å². The highest BCUT2D eigenvalue weighted by molar-refractivity contribution is 7.73. The fourth-order valence-electron chi connectivity index (χ4n) is 1.37. The molecule has 0 unspecified atom stereocenters. The van der Waals surface area contributed by atoms with Crippen LogP contribution in [-0.4, -0.2) is 26.2 Å². The zero-order valence-corrected chi connectivity index (χ0v) is 12.8. The normalized spacial score (nSPS) is 11.1. The van der Waals surface area contributed by atoms with Gasteiger partial charge in [0, 0.05) is 27.3 Å². The van der Waals surface area contributed by atoms with E-state index in [4.69, 9.17) is 0 Å². The quantitative estimate of drug-likeness (QED) is 0.377. The van der Waals surface area contributed by atoms with Gasteiger partial charge in [0.05, 0.1) is 6.16 Å². The van der Waals surface area contributed by atoms with Crippen molar-refractivity contribution in [2.75, 3.05) is 26.2 Å². The minimum Gasteiger partial charge on any atom is -1.00 e. The van der Waals surface area contributed by atoms with E-state index in [9.17, 15) is 0 Å². The third-order valence-electron chi connectivity index (χ3n) is 2.18. The van der Waals surface area contributed by atoms with Gasteiger partial charge in [-0.05, 0) is 12.8 Å². The van der Waals surface area contributed by atoms with E-state index in [2.05, 4.69) is 26.9 Å². The molecule has 0 aliphatic heterocycles. The number of halogens is 1. The van der Waals surface area contributed by atoms with Crippen molar-refractivity contribution in [2.24, 2.45) is 0 Å². The Balaban J connectivity index is 0. The van der Waals surface area contributed by atoms with Gasteiger partial charge in [-0.25, -0.2) is 0 Å². The van der Waals surface area contributed by atoms with Crippen LogP contribution in [0.5, 0.6) is 0 Å². The van der Waals surface area contributed by atoms with E-state index in [0.29, 0.717) is 0 Å². The maximum absolute atomic E-state index is 2.44.